The van der Waals surface area contributed by atoms with E-state index in [4.69, 9.17) is 4.52 Å². The summed E-state index contributed by atoms with van der Waals surface area (Å²) >= 11 is 1.29. The van der Waals surface area contributed by atoms with E-state index >= 15 is 0 Å². The maximum Gasteiger partial charge on any atom is 0.250 e. The van der Waals surface area contributed by atoms with Crippen molar-refractivity contribution >= 4 is 21.4 Å². The molecule has 2 aromatic rings. The number of sulfonamides is 1. The van der Waals surface area contributed by atoms with Crippen LogP contribution in [-0.2, 0) is 23.0 Å². The van der Waals surface area contributed by atoms with E-state index in [1.165, 1.54) is 11.3 Å². The van der Waals surface area contributed by atoms with Crippen LogP contribution >= 0.6 is 11.3 Å². The maximum absolute atomic E-state index is 12.0. The first kappa shape index (κ1) is 13.3. The molecule has 0 bridgehead atoms. The van der Waals surface area contributed by atoms with Crippen LogP contribution in [0.25, 0.3) is 0 Å². The van der Waals surface area contributed by atoms with Crippen LogP contribution in [0.4, 0.5) is 0 Å². The van der Waals surface area contributed by atoms with Crippen LogP contribution < -0.4 is 4.72 Å². The Morgan fingerprint density at radius 3 is 2.78 bits per heavy atom. The van der Waals surface area contributed by atoms with Crippen LogP contribution in [-0.4, -0.2) is 13.6 Å². The highest BCUT2D eigenvalue weighted by atomic mass is 32.2. The topological polar surface area (TPSA) is 72.2 Å². The monoisotopic (exact) mass is 286 g/mol. The van der Waals surface area contributed by atoms with E-state index in [1.807, 2.05) is 13.0 Å². The molecular weight excluding hydrogens is 272 g/mol. The number of nitrogens with one attached hydrogen (secondary N) is 1. The minimum atomic E-state index is -3.45. The van der Waals surface area contributed by atoms with Gasteiger partial charge in [0.1, 0.15) is 9.97 Å². The summed E-state index contributed by atoms with van der Waals surface area (Å²) in [6.07, 6.45) is 0.836. The molecule has 7 heteroatoms. The number of thiophene rings is 1. The molecule has 0 aliphatic rings. The van der Waals surface area contributed by atoms with Gasteiger partial charge < -0.3 is 4.52 Å². The van der Waals surface area contributed by atoms with E-state index in [0.29, 0.717) is 15.7 Å². The molecule has 0 aromatic carbocycles. The highest BCUT2D eigenvalue weighted by Gasteiger charge is 2.16. The summed E-state index contributed by atoms with van der Waals surface area (Å²) in [4.78, 5) is 1.05. The van der Waals surface area contributed by atoms with Gasteiger partial charge in [0.05, 0.1) is 12.2 Å². The molecule has 0 fully saturated rings. The van der Waals surface area contributed by atoms with Gasteiger partial charge in [-0.15, -0.1) is 11.3 Å². The van der Waals surface area contributed by atoms with Crippen molar-refractivity contribution in [3.8, 4) is 0 Å². The molecule has 0 radical (unpaired) electrons. The van der Waals surface area contributed by atoms with Crippen molar-refractivity contribution in [3.05, 3.63) is 34.5 Å². The number of rotatable bonds is 5. The quantitative estimate of drug-likeness (QED) is 0.913. The van der Waals surface area contributed by atoms with E-state index in [-0.39, 0.29) is 6.54 Å². The predicted octanol–water partition coefficient (Wildman–Crippen LogP) is 2.09. The summed E-state index contributed by atoms with van der Waals surface area (Å²) in [5.74, 6) is 0.661. The third-order valence-corrected chi connectivity index (χ3v) is 5.49. The Balaban J connectivity index is 2.07. The van der Waals surface area contributed by atoms with Gasteiger partial charge in [-0.2, -0.15) is 0 Å². The van der Waals surface area contributed by atoms with Crippen LogP contribution in [0, 0.1) is 6.92 Å². The summed E-state index contributed by atoms with van der Waals surface area (Å²) in [5.41, 5.74) is 0.573. The Hall–Kier alpha value is -1.18. The average Bonchev–Trinajstić information content (AvgIpc) is 2.95. The number of aryl methyl sites for hydroxylation is 2. The number of aromatic nitrogens is 1. The molecule has 2 rings (SSSR count). The van der Waals surface area contributed by atoms with Crippen molar-refractivity contribution in [1.29, 1.82) is 0 Å². The van der Waals surface area contributed by atoms with Crippen LogP contribution in [0.2, 0.25) is 0 Å². The van der Waals surface area contributed by atoms with Crippen molar-refractivity contribution in [2.75, 3.05) is 0 Å². The minimum absolute atomic E-state index is 0.138. The van der Waals surface area contributed by atoms with E-state index in [2.05, 4.69) is 9.88 Å². The second-order valence-corrected chi connectivity index (χ2v) is 6.99. The molecule has 1 N–H and O–H groups in total. The van der Waals surface area contributed by atoms with Gasteiger partial charge in [-0.3, -0.25) is 0 Å². The molecule has 98 valence electrons. The normalized spacial score (nSPS) is 11.9. The third kappa shape index (κ3) is 2.98. The lowest BCUT2D eigenvalue weighted by Crippen LogP contribution is -2.22. The molecular formula is C11H14N2O3S2. The molecule has 0 aliphatic carbocycles. The molecule has 0 atom stereocenters. The average molecular weight is 286 g/mol. The lowest BCUT2D eigenvalue weighted by Gasteiger charge is -2.01. The Kier molecular flexibility index (Phi) is 3.84. The van der Waals surface area contributed by atoms with Gasteiger partial charge in [-0.1, -0.05) is 12.1 Å². The molecule has 0 saturated carbocycles. The lowest BCUT2D eigenvalue weighted by atomic mass is 10.4. The van der Waals surface area contributed by atoms with Crippen molar-refractivity contribution in [1.82, 2.24) is 9.88 Å². The molecule has 0 amide bonds. The number of hydrogen-bond donors (Lipinski definition) is 1. The summed E-state index contributed by atoms with van der Waals surface area (Å²) in [6.45, 7) is 3.89. The number of nitrogens with zero attached hydrogens (tertiary/aromatic N) is 1. The Labute approximate surface area is 110 Å². The largest absolute Gasteiger partial charge is 0.361 e. The first-order valence-corrected chi connectivity index (χ1v) is 7.82. The van der Waals surface area contributed by atoms with Gasteiger partial charge in [0.15, 0.2) is 0 Å². The van der Waals surface area contributed by atoms with Gasteiger partial charge in [-0.05, 0) is 25.5 Å². The van der Waals surface area contributed by atoms with Gasteiger partial charge in [0.25, 0.3) is 0 Å². The highest BCUT2D eigenvalue weighted by Crippen LogP contribution is 2.21. The zero-order valence-electron chi connectivity index (χ0n) is 10.1. The molecule has 2 heterocycles. The Morgan fingerprint density at radius 1 is 1.44 bits per heavy atom. The minimum Gasteiger partial charge on any atom is -0.361 e. The van der Waals surface area contributed by atoms with Crippen LogP contribution in [0.5, 0.6) is 0 Å². The SMILES string of the molecule is CCc1ccc(S(=O)(=O)NCc2cc(C)on2)s1. The van der Waals surface area contributed by atoms with E-state index < -0.39 is 10.0 Å². The summed E-state index contributed by atoms with van der Waals surface area (Å²) in [5, 5.41) is 3.74. The number of hydrogen-bond acceptors (Lipinski definition) is 5. The summed E-state index contributed by atoms with van der Waals surface area (Å²) < 4.78 is 31.7. The smallest absolute Gasteiger partial charge is 0.250 e. The van der Waals surface area contributed by atoms with Crippen LogP contribution in [0.1, 0.15) is 23.3 Å². The molecule has 5 nitrogen and oxygen atoms in total. The fourth-order valence-electron chi connectivity index (χ4n) is 1.43. The van der Waals surface area contributed by atoms with Gasteiger partial charge >= 0.3 is 0 Å². The fraction of sp³-hybridized carbons (Fsp3) is 0.364. The Bertz CT molecular complexity index is 628. The van der Waals surface area contributed by atoms with Gasteiger partial charge in [0.2, 0.25) is 10.0 Å². The molecule has 0 aliphatic heterocycles. The standard InChI is InChI=1S/C11H14N2O3S2/c1-3-10-4-5-11(17-10)18(14,15)12-7-9-6-8(2)16-13-9/h4-6,12H,3,7H2,1-2H3. The molecule has 18 heavy (non-hydrogen) atoms. The molecule has 0 unspecified atom stereocenters. The first-order valence-electron chi connectivity index (χ1n) is 5.52. The fourth-order valence-corrected chi connectivity index (χ4v) is 3.77. The van der Waals surface area contributed by atoms with Gasteiger partial charge in [-0.25, -0.2) is 13.1 Å². The second-order valence-electron chi connectivity index (χ2n) is 3.83. The van der Waals surface area contributed by atoms with Crippen LogP contribution in [0.3, 0.4) is 0 Å². The molecule has 0 saturated heterocycles. The zero-order chi connectivity index (χ0) is 13.2. The summed E-state index contributed by atoms with van der Waals surface area (Å²) in [6, 6.07) is 5.16. The molecule has 2 aromatic heterocycles. The predicted molar refractivity (Wildman–Crippen MR) is 69.0 cm³/mol. The van der Waals surface area contributed by atoms with Crippen LogP contribution in [0.15, 0.2) is 26.9 Å². The van der Waals surface area contributed by atoms with Gasteiger partial charge in [0, 0.05) is 10.9 Å². The van der Waals surface area contributed by atoms with Crippen molar-refractivity contribution in [3.63, 3.8) is 0 Å². The zero-order valence-corrected chi connectivity index (χ0v) is 11.8. The van der Waals surface area contributed by atoms with E-state index in [1.54, 1.807) is 19.1 Å². The molecule has 0 spiro atoms. The maximum atomic E-state index is 12.0. The van der Waals surface area contributed by atoms with Crippen molar-refractivity contribution in [2.24, 2.45) is 0 Å². The second kappa shape index (κ2) is 5.21. The Morgan fingerprint density at radius 2 is 2.22 bits per heavy atom. The highest BCUT2D eigenvalue weighted by molar-refractivity contribution is 7.91. The van der Waals surface area contributed by atoms with E-state index in [9.17, 15) is 8.42 Å². The van der Waals surface area contributed by atoms with E-state index in [0.717, 1.165) is 11.3 Å². The lowest BCUT2D eigenvalue weighted by molar-refractivity contribution is 0.390. The first-order chi connectivity index (χ1) is 8.51. The summed E-state index contributed by atoms with van der Waals surface area (Å²) in [7, 11) is -3.45. The van der Waals surface area contributed by atoms with Crippen molar-refractivity contribution in [2.45, 2.75) is 31.0 Å². The third-order valence-electron chi connectivity index (χ3n) is 2.37. The van der Waals surface area contributed by atoms with Crippen molar-refractivity contribution < 1.29 is 12.9 Å².